The van der Waals surface area contributed by atoms with Crippen molar-refractivity contribution in [3.63, 3.8) is 0 Å². The second-order valence-electron chi connectivity index (χ2n) is 9.11. The van der Waals surface area contributed by atoms with Crippen LogP contribution >= 0.6 is 0 Å². The van der Waals surface area contributed by atoms with E-state index in [-0.39, 0.29) is 5.56 Å². The normalized spacial score (nSPS) is 11.0. The Kier molecular flexibility index (Phi) is 6.81. The van der Waals surface area contributed by atoms with Gasteiger partial charge in [0.25, 0.3) is 5.56 Å². The first kappa shape index (κ1) is 24.0. The van der Waals surface area contributed by atoms with Crippen molar-refractivity contribution >= 4 is 28.1 Å². The summed E-state index contributed by atoms with van der Waals surface area (Å²) in [5.41, 5.74) is 12.7. The molecule has 0 amide bonds. The largest absolute Gasteiger partial charge is 0.383 e. The van der Waals surface area contributed by atoms with Gasteiger partial charge in [-0.25, -0.2) is 4.98 Å². The van der Waals surface area contributed by atoms with Gasteiger partial charge in [-0.2, -0.15) is 5.10 Å². The van der Waals surface area contributed by atoms with E-state index in [0.29, 0.717) is 31.3 Å². The summed E-state index contributed by atoms with van der Waals surface area (Å²) in [5.74, 6) is 1.24. The zero-order chi connectivity index (χ0) is 25.8. The fraction of sp³-hybridized carbons (Fsp3) is 0.172. The molecule has 0 saturated heterocycles. The van der Waals surface area contributed by atoms with Gasteiger partial charge in [0, 0.05) is 43.0 Å². The average Bonchev–Trinajstić information content (AvgIpc) is 2.90. The van der Waals surface area contributed by atoms with Crippen molar-refractivity contribution in [1.82, 2.24) is 19.7 Å². The van der Waals surface area contributed by atoms with Crippen molar-refractivity contribution in [2.24, 2.45) is 0 Å². The molecule has 0 aliphatic carbocycles. The topological polar surface area (TPSA) is 111 Å². The van der Waals surface area contributed by atoms with Gasteiger partial charge in [0.2, 0.25) is 0 Å². The number of anilines is 3. The van der Waals surface area contributed by atoms with E-state index in [9.17, 15) is 4.79 Å². The second kappa shape index (κ2) is 10.5. The van der Waals surface area contributed by atoms with Crippen LogP contribution in [0.25, 0.3) is 10.8 Å². The first-order valence-corrected chi connectivity index (χ1v) is 12.1. The van der Waals surface area contributed by atoms with Crippen LogP contribution in [0.15, 0.2) is 84.0 Å². The maximum absolute atomic E-state index is 11.9. The van der Waals surface area contributed by atoms with E-state index in [4.69, 9.17) is 5.73 Å². The van der Waals surface area contributed by atoms with Crippen molar-refractivity contribution in [3.8, 4) is 0 Å². The Labute approximate surface area is 215 Å². The van der Waals surface area contributed by atoms with Crippen LogP contribution in [0.3, 0.4) is 0 Å². The fourth-order valence-corrected chi connectivity index (χ4v) is 4.49. The number of hydrogen-bond acceptors (Lipinski definition) is 7. The standard InChI is InChI=1S/C29H29N7O/c1-19-13-25-24(10-11-31-29(25)30)20(2)26(19)17-32-23-14-27(35-34-16-23)33-15-21-6-8-22(9-7-21)18-36-12-4-3-5-28(36)37/h3-14,16H,15,17-18H2,1-2H3,(H2,30,31)(H2,32,33,35). The minimum Gasteiger partial charge on any atom is -0.383 e. The van der Waals surface area contributed by atoms with Crippen LogP contribution in [0.1, 0.15) is 27.8 Å². The molecule has 8 heteroatoms. The SMILES string of the molecule is Cc1cc2c(N)nccc2c(C)c1CNc1cnnc(NCc2ccc(Cn3ccccc3=O)cc2)c1. The zero-order valence-corrected chi connectivity index (χ0v) is 20.9. The number of nitrogens with zero attached hydrogens (tertiary/aromatic N) is 4. The molecule has 0 bridgehead atoms. The number of rotatable bonds is 8. The average molecular weight is 492 g/mol. The first-order valence-electron chi connectivity index (χ1n) is 12.1. The third kappa shape index (κ3) is 5.43. The van der Waals surface area contributed by atoms with Crippen molar-refractivity contribution in [3.05, 3.63) is 117 Å². The molecule has 0 aliphatic rings. The van der Waals surface area contributed by atoms with Crippen LogP contribution < -0.4 is 21.9 Å². The molecule has 0 atom stereocenters. The van der Waals surface area contributed by atoms with Crippen molar-refractivity contribution < 1.29 is 0 Å². The molecule has 5 aromatic rings. The van der Waals surface area contributed by atoms with E-state index in [1.54, 1.807) is 35.3 Å². The summed E-state index contributed by atoms with van der Waals surface area (Å²) in [4.78, 5) is 16.1. The lowest BCUT2D eigenvalue weighted by Crippen LogP contribution is -2.18. The lowest BCUT2D eigenvalue weighted by molar-refractivity contribution is 0.759. The predicted octanol–water partition coefficient (Wildman–Crippen LogP) is 4.66. The third-order valence-electron chi connectivity index (χ3n) is 6.59. The number of aryl methyl sites for hydroxylation is 2. The van der Waals surface area contributed by atoms with Gasteiger partial charge in [0.05, 0.1) is 18.4 Å². The highest BCUT2D eigenvalue weighted by Gasteiger charge is 2.10. The van der Waals surface area contributed by atoms with E-state index in [1.807, 2.05) is 30.3 Å². The molecule has 3 aromatic heterocycles. The molecule has 0 radical (unpaired) electrons. The number of nitrogen functional groups attached to an aromatic ring is 1. The van der Waals surface area contributed by atoms with Gasteiger partial charge >= 0.3 is 0 Å². The number of pyridine rings is 2. The molecule has 5 rings (SSSR count). The lowest BCUT2D eigenvalue weighted by atomic mass is 9.96. The Morgan fingerprint density at radius 3 is 2.54 bits per heavy atom. The molecule has 3 heterocycles. The summed E-state index contributed by atoms with van der Waals surface area (Å²) in [6, 6.07) is 19.4. The van der Waals surface area contributed by atoms with E-state index >= 15 is 0 Å². The molecule has 4 N–H and O–H groups in total. The third-order valence-corrected chi connectivity index (χ3v) is 6.59. The van der Waals surface area contributed by atoms with Crippen LogP contribution in [0.5, 0.6) is 0 Å². The lowest BCUT2D eigenvalue weighted by Gasteiger charge is -2.15. The highest BCUT2D eigenvalue weighted by atomic mass is 16.1. The van der Waals surface area contributed by atoms with Gasteiger partial charge in [-0.15, -0.1) is 5.10 Å². The minimum absolute atomic E-state index is 0.00626. The summed E-state index contributed by atoms with van der Waals surface area (Å²) in [6.07, 6.45) is 5.27. The van der Waals surface area contributed by atoms with Crippen LogP contribution in [0.2, 0.25) is 0 Å². The zero-order valence-electron chi connectivity index (χ0n) is 20.9. The summed E-state index contributed by atoms with van der Waals surface area (Å²) in [6.45, 7) is 6.03. The van der Waals surface area contributed by atoms with Gasteiger partial charge in [-0.3, -0.25) is 4.79 Å². The number of fused-ring (bicyclic) bond motifs is 1. The highest BCUT2D eigenvalue weighted by Crippen LogP contribution is 2.28. The van der Waals surface area contributed by atoms with E-state index in [1.165, 1.54) is 11.1 Å². The molecular formula is C29H29N7O. The van der Waals surface area contributed by atoms with Gasteiger partial charge in [0.15, 0.2) is 5.82 Å². The summed E-state index contributed by atoms with van der Waals surface area (Å²) < 4.78 is 1.69. The number of nitrogens with one attached hydrogen (secondary N) is 2. The number of nitrogens with two attached hydrogens (primary N) is 1. The second-order valence-corrected chi connectivity index (χ2v) is 9.11. The molecule has 0 saturated carbocycles. The molecule has 186 valence electrons. The molecule has 8 nitrogen and oxygen atoms in total. The van der Waals surface area contributed by atoms with E-state index in [0.717, 1.165) is 33.2 Å². The molecule has 0 unspecified atom stereocenters. The summed E-state index contributed by atoms with van der Waals surface area (Å²) >= 11 is 0. The monoisotopic (exact) mass is 491 g/mol. The Morgan fingerprint density at radius 2 is 1.73 bits per heavy atom. The Morgan fingerprint density at radius 1 is 0.919 bits per heavy atom. The maximum Gasteiger partial charge on any atom is 0.250 e. The van der Waals surface area contributed by atoms with Crippen LogP contribution in [-0.2, 0) is 19.6 Å². The van der Waals surface area contributed by atoms with Crippen molar-refractivity contribution in [2.75, 3.05) is 16.4 Å². The molecular weight excluding hydrogens is 462 g/mol. The van der Waals surface area contributed by atoms with E-state index in [2.05, 4.69) is 57.9 Å². The van der Waals surface area contributed by atoms with E-state index < -0.39 is 0 Å². The molecule has 0 aliphatic heterocycles. The fourth-order valence-electron chi connectivity index (χ4n) is 4.49. The van der Waals surface area contributed by atoms with Gasteiger partial charge in [-0.05, 0) is 65.3 Å². The minimum atomic E-state index is -0.00626. The summed E-state index contributed by atoms with van der Waals surface area (Å²) in [7, 11) is 0. The van der Waals surface area contributed by atoms with Crippen molar-refractivity contribution in [1.29, 1.82) is 0 Å². The Hall–Kier alpha value is -4.72. The van der Waals surface area contributed by atoms with Crippen molar-refractivity contribution in [2.45, 2.75) is 33.5 Å². The van der Waals surface area contributed by atoms with Gasteiger partial charge in [-0.1, -0.05) is 30.3 Å². The first-order chi connectivity index (χ1) is 18.0. The Balaban J connectivity index is 1.22. The quantitative estimate of drug-likeness (QED) is 0.290. The smallest absolute Gasteiger partial charge is 0.250 e. The molecule has 0 spiro atoms. The molecule has 2 aromatic carbocycles. The Bertz CT molecular complexity index is 1610. The maximum atomic E-state index is 11.9. The molecule has 0 fully saturated rings. The van der Waals surface area contributed by atoms with Crippen LogP contribution in [0.4, 0.5) is 17.3 Å². The van der Waals surface area contributed by atoms with Crippen LogP contribution in [0, 0.1) is 13.8 Å². The summed E-state index contributed by atoms with van der Waals surface area (Å²) in [5, 5.41) is 17.3. The number of hydrogen-bond donors (Lipinski definition) is 3. The number of aromatic nitrogens is 4. The van der Waals surface area contributed by atoms with Gasteiger partial charge < -0.3 is 20.9 Å². The molecule has 37 heavy (non-hydrogen) atoms. The predicted molar refractivity (Wildman–Crippen MR) is 149 cm³/mol. The number of benzene rings is 2. The highest BCUT2D eigenvalue weighted by molar-refractivity contribution is 5.94. The van der Waals surface area contributed by atoms with Crippen LogP contribution in [-0.4, -0.2) is 19.7 Å². The van der Waals surface area contributed by atoms with Gasteiger partial charge in [0.1, 0.15) is 5.82 Å².